The van der Waals surface area contributed by atoms with Crippen LogP contribution < -0.4 is 0 Å². The van der Waals surface area contributed by atoms with Crippen LogP contribution in [0.5, 0.6) is 0 Å². The molecule has 1 aromatic rings. The number of alkyl halides is 1. The standard InChI is InChI=1S/C13H22ClN3/c1-16(10-8-14)11-12-7-9-17(15-12)13-5-3-2-4-6-13/h7,9,13H,2-6,8,10-11H2,1H3. The van der Waals surface area contributed by atoms with Crippen molar-refractivity contribution in [2.45, 2.75) is 44.7 Å². The Morgan fingerprint density at radius 3 is 2.88 bits per heavy atom. The van der Waals surface area contributed by atoms with Gasteiger partial charge in [-0.1, -0.05) is 19.3 Å². The molecule has 1 aromatic heterocycles. The van der Waals surface area contributed by atoms with Crippen molar-refractivity contribution in [1.29, 1.82) is 0 Å². The molecule has 0 N–H and O–H groups in total. The maximum absolute atomic E-state index is 5.72. The highest BCUT2D eigenvalue weighted by Crippen LogP contribution is 2.27. The van der Waals surface area contributed by atoms with Crippen LogP contribution in [0.4, 0.5) is 0 Å². The quantitative estimate of drug-likeness (QED) is 0.754. The molecule has 0 atom stereocenters. The first-order chi connectivity index (χ1) is 8.29. The Morgan fingerprint density at radius 2 is 2.18 bits per heavy atom. The third-order valence-corrected chi connectivity index (χ3v) is 3.68. The van der Waals surface area contributed by atoms with E-state index in [0.29, 0.717) is 11.9 Å². The van der Waals surface area contributed by atoms with E-state index in [2.05, 4.69) is 34.0 Å². The topological polar surface area (TPSA) is 21.1 Å². The third kappa shape index (κ3) is 3.71. The Kier molecular flexibility index (Phi) is 4.86. The van der Waals surface area contributed by atoms with Crippen LogP contribution in [0, 0.1) is 0 Å². The first kappa shape index (κ1) is 12.9. The van der Waals surface area contributed by atoms with Crippen molar-refractivity contribution in [3.63, 3.8) is 0 Å². The summed E-state index contributed by atoms with van der Waals surface area (Å²) in [4.78, 5) is 2.21. The van der Waals surface area contributed by atoms with Crippen LogP contribution in [0.3, 0.4) is 0 Å². The molecular formula is C13H22ClN3. The highest BCUT2D eigenvalue weighted by molar-refractivity contribution is 6.18. The summed E-state index contributed by atoms with van der Waals surface area (Å²) in [6.45, 7) is 1.81. The van der Waals surface area contributed by atoms with E-state index in [4.69, 9.17) is 11.6 Å². The Morgan fingerprint density at radius 1 is 1.41 bits per heavy atom. The van der Waals surface area contributed by atoms with Gasteiger partial charge in [-0.15, -0.1) is 11.6 Å². The van der Waals surface area contributed by atoms with Crippen molar-refractivity contribution in [2.24, 2.45) is 0 Å². The first-order valence-corrected chi connectivity index (χ1v) is 7.11. The molecule has 96 valence electrons. The number of aromatic nitrogens is 2. The predicted molar refractivity (Wildman–Crippen MR) is 71.4 cm³/mol. The summed E-state index contributed by atoms with van der Waals surface area (Å²) in [5.41, 5.74) is 1.16. The van der Waals surface area contributed by atoms with E-state index in [-0.39, 0.29) is 0 Å². The van der Waals surface area contributed by atoms with E-state index < -0.39 is 0 Å². The lowest BCUT2D eigenvalue weighted by molar-refractivity contribution is 0.316. The van der Waals surface area contributed by atoms with Crippen LogP contribution in [-0.4, -0.2) is 34.2 Å². The first-order valence-electron chi connectivity index (χ1n) is 6.58. The van der Waals surface area contributed by atoms with Gasteiger partial charge in [-0.2, -0.15) is 5.10 Å². The van der Waals surface area contributed by atoms with Crippen molar-refractivity contribution in [2.75, 3.05) is 19.5 Å². The van der Waals surface area contributed by atoms with Gasteiger partial charge in [-0.05, 0) is 26.0 Å². The van der Waals surface area contributed by atoms with Gasteiger partial charge in [0.15, 0.2) is 0 Å². The maximum Gasteiger partial charge on any atom is 0.0764 e. The molecule has 1 fully saturated rings. The van der Waals surface area contributed by atoms with Crippen LogP contribution in [0.1, 0.15) is 43.8 Å². The zero-order valence-corrected chi connectivity index (χ0v) is 11.4. The summed E-state index contributed by atoms with van der Waals surface area (Å²) >= 11 is 5.72. The number of nitrogens with zero attached hydrogens (tertiary/aromatic N) is 3. The molecule has 4 heteroatoms. The Hall–Kier alpha value is -0.540. The van der Waals surface area contributed by atoms with Gasteiger partial charge < -0.3 is 0 Å². The molecule has 0 aromatic carbocycles. The molecule has 1 saturated carbocycles. The maximum atomic E-state index is 5.72. The summed E-state index contributed by atoms with van der Waals surface area (Å²) in [7, 11) is 2.09. The molecule has 0 spiro atoms. The van der Waals surface area contributed by atoms with Gasteiger partial charge in [-0.3, -0.25) is 9.58 Å². The number of halogens is 1. The van der Waals surface area contributed by atoms with Gasteiger partial charge in [-0.25, -0.2) is 0 Å². The van der Waals surface area contributed by atoms with Gasteiger partial charge in [0.05, 0.1) is 11.7 Å². The lowest BCUT2D eigenvalue weighted by atomic mass is 9.96. The second-order valence-electron chi connectivity index (χ2n) is 5.01. The minimum Gasteiger partial charge on any atom is -0.299 e. The van der Waals surface area contributed by atoms with E-state index in [1.165, 1.54) is 32.1 Å². The molecule has 17 heavy (non-hydrogen) atoms. The largest absolute Gasteiger partial charge is 0.299 e. The summed E-state index contributed by atoms with van der Waals surface area (Å²) in [6.07, 6.45) is 8.82. The van der Waals surface area contributed by atoms with E-state index in [1.54, 1.807) is 0 Å². The average Bonchev–Trinajstić information content (AvgIpc) is 2.79. The van der Waals surface area contributed by atoms with Crippen LogP contribution >= 0.6 is 11.6 Å². The molecule has 2 rings (SSSR count). The number of hydrogen-bond acceptors (Lipinski definition) is 2. The molecule has 1 heterocycles. The lowest BCUT2D eigenvalue weighted by Crippen LogP contribution is -2.21. The Bertz CT molecular complexity index is 331. The van der Waals surface area contributed by atoms with Crippen LogP contribution in [0.25, 0.3) is 0 Å². The van der Waals surface area contributed by atoms with Gasteiger partial charge >= 0.3 is 0 Å². The highest BCUT2D eigenvalue weighted by atomic mass is 35.5. The smallest absolute Gasteiger partial charge is 0.0764 e. The van der Waals surface area contributed by atoms with Gasteiger partial charge in [0, 0.05) is 25.2 Å². The predicted octanol–water partition coefficient (Wildman–Crippen LogP) is 3.06. The number of rotatable bonds is 5. The average molecular weight is 256 g/mol. The van der Waals surface area contributed by atoms with E-state index in [1.807, 2.05) is 0 Å². The fourth-order valence-electron chi connectivity index (χ4n) is 2.51. The molecule has 0 radical (unpaired) electrons. The monoisotopic (exact) mass is 255 g/mol. The fraction of sp³-hybridized carbons (Fsp3) is 0.769. The van der Waals surface area contributed by atoms with Crippen LogP contribution in [-0.2, 0) is 6.54 Å². The van der Waals surface area contributed by atoms with Crippen molar-refractivity contribution in [3.05, 3.63) is 18.0 Å². The highest BCUT2D eigenvalue weighted by Gasteiger charge is 2.16. The molecule has 0 aliphatic heterocycles. The summed E-state index contributed by atoms with van der Waals surface area (Å²) in [6, 6.07) is 2.77. The van der Waals surface area contributed by atoms with Crippen molar-refractivity contribution in [1.82, 2.24) is 14.7 Å². The molecule has 0 saturated heterocycles. The van der Waals surface area contributed by atoms with Gasteiger partial charge in [0.1, 0.15) is 0 Å². The van der Waals surface area contributed by atoms with Gasteiger partial charge in [0.25, 0.3) is 0 Å². The molecule has 1 aliphatic rings. The number of hydrogen-bond donors (Lipinski definition) is 0. The normalized spacial score (nSPS) is 17.8. The summed E-state index contributed by atoms with van der Waals surface area (Å²) < 4.78 is 2.17. The molecule has 0 bridgehead atoms. The van der Waals surface area contributed by atoms with Crippen LogP contribution in [0.2, 0.25) is 0 Å². The minimum atomic E-state index is 0.635. The Labute approximate surface area is 109 Å². The zero-order valence-electron chi connectivity index (χ0n) is 10.6. The zero-order chi connectivity index (χ0) is 12.1. The third-order valence-electron chi connectivity index (χ3n) is 3.51. The second-order valence-corrected chi connectivity index (χ2v) is 5.38. The fourth-order valence-corrected chi connectivity index (χ4v) is 2.80. The van der Waals surface area contributed by atoms with Crippen molar-refractivity contribution >= 4 is 11.6 Å². The summed E-state index contributed by atoms with van der Waals surface area (Å²) in [5, 5.41) is 4.69. The van der Waals surface area contributed by atoms with Crippen molar-refractivity contribution in [3.8, 4) is 0 Å². The molecule has 1 aliphatic carbocycles. The molecule has 0 amide bonds. The van der Waals surface area contributed by atoms with E-state index >= 15 is 0 Å². The second kappa shape index (κ2) is 6.41. The Balaban J connectivity index is 1.90. The minimum absolute atomic E-state index is 0.635. The van der Waals surface area contributed by atoms with Crippen LogP contribution in [0.15, 0.2) is 12.3 Å². The van der Waals surface area contributed by atoms with E-state index in [9.17, 15) is 0 Å². The molecule has 0 unspecified atom stereocenters. The SMILES string of the molecule is CN(CCCl)Cc1ccn(C2CCCCC2)n1. The lowest BCUT2D eigenvalue weighted by Gasteiger charge is -2.22. The van der Waals surface area contributed by atoms with Gasteiger partial charge in [0.2, 0.25) is 0 Å². The molecule has 3 nitrogen and oxygen atoms in total. The van der Waals surface area contributed by atoms with Crippen molar-refractivity contribution < 1.29 is 0 Å². The van der Waals surface area contributed by atoms with E-state index in [0.717, 1.165) is 18.8 Å². The molecular weight excluding hydrogens is 234 g/mol. The summed E-state index contributed by atoms with van der Waals surface area (Å²) in [5.74, 6) is 0.680.